The number of anilines is 1. The zero-order chi connectivity index (χ0) is 14.0. The summed E-state index contributed by atoms with van der Waals surface area (Å²) < 4.78 is 25.2. The van der Waals surface area contributed by atoms with Gasteiger partial charge in [0, 0.05) is 5.69 Å². The topological polar surface area (TPSA) is 43.1 Å². The van der Waals surface area contributed by atoms with Gasteiger partial charge in [-0.2, -0.15) is 0 Å². The average Bonchev–Trinajstić information content (AvgIpc) is 2.32. The molecule has 2 nitrogen and oxygen atoms in total. The van der Waals surface area contributed by atoms with E-state index in [4.69, 9.17) is 28.9 Å². The second-order valence-electron chi connectivity index (χ2n) is 3.88. The van der Waals surface area contributed by atoms with Gasteiger partial charge in [-0.15, -0.1) is 0 Å². The molecule has 2 rings (SSSR count). The SMILES string of the molecule is Nc1cc(F)ccc1CS(=O)c1c(Cl)cccc1Cl. The molecule has 2 aromatic carbocycles. The predicted molar refractivity (Wildman–Crippen MR) is 77.4 cm³/mol. The Morgan fingerprint density at radius 3 is 2.37 bits per heavy atom. The van der Waals surface area contributed by atoms with Crippen molar-refractivity contribution in [2.45, 2.75) is 10.6 Å². The Labute approximate surface area is 122 Å². The molecular weight excluding hydrogens is 308 g/mol. The molecule has 1 atom stereocenters. The lowest BCUT2D eigenvalue weighted by atomic mass is 10.2. The maximum absolute atomic E-state index is 12.9. The Kier molecular flexibility index (Phi) is 4.45. The van der Waals surface area contributed by atoms with Crippen molar-refractivity contribution >= 4 is 39.7 Å². The quantitative estimate of drug-likeness (QED) is 0.869. The van der Waals surface area contributed by atoms with E-state index >= 15 is 0 Å². The van der Waals surface area contributed by atoms with Crippen LogP contribution in [-0.4, -0.2) is 4.21 Å². The molecule has 0 aliphatic heterocycles. The molecule has 2 aromatic rings. The van der Waals surface area contributed by atoms with Crippen LogP contribution in [0.3, 0.4) is 0 Å². The molecule has 0 saturated carbocycles. The monoisotopic (exact) mass is 317 g/mol. The minimum absolute atomic E-state index is 0.134. The van der Waals surface area contributed by atoms with Crippen LogP contribution in [0.1, 0.15) is 5.56 Å². The number of halogens is 3. The lowest BCUT2D eigenvalue weighted by Gasteiger charge is -2.08. The van der Waals surface area contributed by atoms with Crippen LogP contribution >= 0.6 is 23.2 Å². The highest BCUT2D eigenvalue weighted by molar-refractivity contribution is 7.84. The van der Waals surface area contributed by atoms with Crippen molar-refractivity contribution in [1.29, 1.82) is 0 Å². The third-order valence-corrected chi connectivity index (χ3v) is 4.86. The highest BCUT2D eigenvalue weighted by atomic mass is 35.5. The van der Waals surface area contributed by atoms with Crippen molar-refractivity contribution in [2.24, 2.45) is 0 Å². The molecule has 0 aliphatic rings. The van der Waals surface area contributed by atoms with E-state index in [1.807, 2.05) is 0 Å². The van der Waals surface area contributed by atoms with E-state index in [1.165, 1.54) is 18.2 Å². The van der Waals surface area contributed by atoms with Crippen molar-refractivity contribution in [3.8, 4) is 0 Å². The first-order valence-corrected chi connectivity index (χ1v) is 7.43. The molecule has 0 saturated heterocycles. The first kappa shape index (κ1) is 14.3. The van der Waals surface area contributed by atoms with Gasteiger partial charge in [0.15, 0.2) is 0 Å². The second-order valence-corrected chi connectivity index (χ2v) is 6.09. The van der Waals surface area contributed by atoms with Gasteiger partial charge >= 0.3 is 0 Å². The normalized spacial score (nSPS) is 12.4. The van der Waals surface area contributed by atoms with Crippen molar-refractivity contribution in [2.75, 3.05) is 5.73 Å². The number of hydrogen-bond acceptors (Lipinski definition) is 2. The third kappa shape index (κ3) is 3.26. The van der Waals surface area contributed by atoms with Gasteiger partial charge < -0.3 is 5.73 Å². The van der Waals surface area contributed by atoms with E-state index in [-0.39, 0.29) is 11.4 Å². The number of nitrogens with two attached hydrogens (primary N) is 1. The summed E-state index contributed by atoms with van der Waals surface area (Å²) in [6.45, 7) is 0. The smallest absolute Gasteiger partial charge is 0.125 e. The molecule has 1 unspecified atom stereocenters. The maximum Gasteiger partial charge on any atom is 0.125 e. The van der Waals surface area contributed by atoms with Crippen molar-refractivity contribution in [3.05, 3.63) is 57.8 Å². The molecule has 0 aliphatic carbocycles. The van der Waals surface area contributed by atoms with E-state index in [1.54, 1.807) is 18.2 Å². The third-order valence-electron chi connectivity index (χ3n) is 2.54. The number of rotatable bonds is 3. The summed E-state index contributed by atoms with van der Waals surface area (Å²) in [5.41, 5.74) is 6.54. The van der Waals surface area contributed by atoms with E-state index in [0.29, 0.717) is 20.5 Å². The molecular formula is C13H10Cl2FNOS. The van der Waals surface area contributed by atoms with E-state index in [0.717, 1.165) is 0 Å². The maximum atomic E-state index is 12.9. The lowest BCUT2D eigenvalue weighted by Crippen LogP contribution is -2.02. The molecule has 0 heterocycles. The predicted octanol–water partition coefficient (Wildman–Crippen LogP) is 4.02. The molecule has 100 valence electrons. The summed E-state index contributed by atoms with van der Waals surface area (Å²) in [5, 5.41) is 0.679. The van der Waals surface area contributed by atoms with Gasteiger partial charge in [0.2, 0.25) is 0 Å². The van der Waals surface area contributed by atoms with E-state index < -0.39 is 16.6 Å². The summed E-state index contributed by atoms with van der Waals surface area (Å²) in [4.78, 5) is 0.370. The zero-order valence-electron chi connectivity index (χ0n) is 9.70. The van der Waals surface area contributed by atoms with Gasteiger partial charge in [0.25, 0.3) is 0 Å². The molecule has 0 aromatic heterocycles. The summed E-state index contributed by atoms with van der Waals surface area (Å²) >= 11 is 12.0. The fourth-order valence-electron chi connectivity index (χ4n) is 1.61. The Hall–Kier alpha value is -1.10. The molecule has 0 radical (unpaired) electrons. The van der Waals surface area contributed by atoms with Crippen LogP contribution in [0.4, 0.5) is 10.1 Å². The van der Waals surface area contributed by atoms with Crippen molar-refractivity contribution in [1.82, 2.24) is 0 Å². The minimum atomic E-state index is -1.44. The van der Waals surface area contributed by atoms with E-state index in [9.17, 15) is 8.60 Å². The Balaban J connectivity index is 2.31. The van der Waals surface area contributed by atoms with Gasteiger partial charge in [-0.25, -0.2) is 4.39 Å². The van der Waals surface area contributed by atoms with Crippen LogP contribution in [0, 0.1) is 5.82 Å². The fourth-order valence-corrected chi connectivity index (χ4v) is 3.79. The largest absolute Gasteiger partial charge is 0.398 e. The number of nitrogen functional groups attached to an aromatic ring is 1. The first-order chi connectivity index (χ1) is 8.99. The highest BCUT2D eigenvalue weighted by Crippen LogP contribution is 2.29. The molecule has 19 heavy (non-hydrogen) atoms. The van der Waals surface area contributed by atoms with Crippen LogP contribution in [0.5, 0.6) is 0 Å². The molecule has 0 amide bonds. The van der Waals surface area contributed by atoms with Crippen LogP contribution in [0.2, 0.25) is 10.0 Å². The first-order valence-electron chi connectivity index (χ1n) is 5.35. The summed E-state index contributed by atoms with van der Waals surface area (Å²) in [6.07, 6.45) is 0. The Morgan fingerprint density at radius 2 is 1.79 bits per heavy atom. The lowest BCUT2D eigenvalue weighted by molar-refractivity contribution is 0.628. The Bertz CT molecular complexity index is 628. The summed E-state index contributed by atoms with van der Waals surface area (Å²) in [6, 6.07) is 8.89. The van der Waals surface area contributed by atoms with Gasteiger partial charge in [0.1, 0.15) is 5.82 Å². The number of benzene rings is 2. The van der Waals surface area contributed by atoms with Gasteiger partial charge in [-0.05, 0) is 29.8 Å². The molecule has 0 fully saturated rings. The average molecular weight is 318 g/mol. The summed E-state index contributed by atoms with van der Waals surface area (Å²) in [7, 11) is -1.44. The van der Waals surface area contributed by atoms with Crippen LogP contribution in [0.25, 0.3) is 0 Å². The zero-order valence-corrected chi connectivity index (χ0v) is 12.0. The second kappa shape index (κ2) is 5.90. The molecule has 2 N–H and O–H groups in total. The minimum Gasteiger partial charge on any atom is -0.398 e. The fraction of sp³-hybridized carbons (Fsp3) is 0.0769. The Morgan fingerprint density at radius 1 is 1.16 bits per heavy atom. The van der Waals surface area contributed by atoms with Crippen molar-refractivity contribution in [3.63, 3.8) is 0 Å². The summed E-state index contributed by atoms with van der Waals surface area (Å²) in [5.74, 6) is -0.293. The van der Waals surface area contributed by atoms with Gasteiger partial charge in [-0.3, -0.25) is 4.21 Å². The van der Waals surface area contributed by atoms with Crippen LogP contribution < -0.4 is 5.73 Å². The standard InChI is InChI=1S/C13H10Cl2FNOS/c14-10-2-1-3-11(15)13(10)19(18)7-8-4-5-9(16)6-12(8)17/h1-6H,7,17H2. The molecule has 0 bridgehead atoms. The number of hydrogen-bond donors (Lipinski definition) is 1. The van der Waals surface area contributed by atoms with Crippen LogP contribution in [0.15, 0.2) is 41.3 Å². The van der Waals surface area contributed by atoms with Crippen molar-refractivity contribution < 1.29 is 8.60 Å². The molecule has 6 heteroatoms. The molecule has 0 spiro atoms. The highest BCUT2D eigenvalue weighted by Gasteiger charge is 2.14. The van der Waals surface area contributed by atoms with Crippen LogP contribution in [-0.2, 0) is 16.6 Å². The van der Waals surface area contributed by atoms with E-state index in [2.05, 4.69) is 0 Å². The van der Waals surface area contributed by atoms with Gasteiger partial charge in [-0.1, -0.05) is 35.3 Å². The van der Waals surface area contributed by atoms with Gasteiger partial charge in [0.05, 0.1) is 31.5 Å².